The van der Waals surface area contributed by atoms with Crippen LogP contribution in [0.15, 0.2) is 58.1 Å². The van der Waals surface area contributed by atoms with Crippen LogP contribution >= 0.6 is 24.0 Å². The summed E-state index contributed by atoms with van der Waals surface area (Å²) in [6, 6.07) is 14.5. The summed E-state index contributed by atoms with van der Waals surface area (Å²) in [5.74, 6) is 2.28. The Hall–Kier alpha value is -2.59. The highest BCUT2D eigenvalue weighted by Crippen LogP contribution is 2.24. The predicted molar refractivity (Wildman–Crippen MR) is 145 cm³/mol. The van der Waals surface area contributed by atoms with E-state index in [9.17, 15) is 0 Å². The fraction of sp³-hybridized carbons (Fsp3) is 0.385. The van der Waals surface area contributed by atoms with Gasteiger partial charge in [0, 0.05) is 44.1 Å². The fourth-order valence-electron chi connectivity index (χ4n) is 3.66. The van der Waals surface area contributed by atoms with Crippen LogP contribution in [0.4, 0.5) is 0 Å². The molecular formula is C26H33IN4O3. The number of rotatable bonds is 8. The molecule has 2 aromatic carbocycles. The molecule has 34 heavy (non-hydrogen) atoms. The Bertz CT molecular complexity index is 1080. The van der Waals surface area contributed by atoms with Crippen molar-refractivity contribution in [1.29, 1.82) is 0 Å². The molecule has 1 aromatic heterocycles. The molecule has 7 nitrogen and oxygen atoms in total. The zero-order valence-electron chi connectivity index (χ0n) is 20.0. The lowest BCUT2D eigenvalue weighted by Gasteiger charge is -2.18. The number of hydrogen-bond acceptors (Lipinski definition) is 5. The number of aliphatic imine (C=N–C) groups is 1. The standard InChI is InChI=1S/C26H32N4O3.HI/c1-18-4-7-20(8-5-18)25-30-22(16-32-25)10-12-28-26(27-3)29-15-21-9-6-19(2)14-24(21)33-23-11-13-31-17-23;/h4-9,14,16,23H,10-13,15,17H2,1-3H3,(H2,27,28,29);1H. The summed E-state index contributed by atoms with van der Waals surface area (Å²) in [4.78, 5) is 8.94. The monoisotopic (exact) mass is 576 g/mol. The van der Waals surface area contributed by atoms with Crippen molar-refractivity contribution in [3.63, 3.8) is 0 Å². The minimum Gasteiger partial charge on any atom is -0.488 e. The van der Waals surface area contributed by atoms with Gasteiger partial charge in [0.2, 0.25) is 5.89 Å². The molecule has 1 aliphatic rings. The summed E-state index contributed by atoms with van der Waals surface area (Å²) in [5.41, 5.74) is 5.37. The molecule has 182 valence electrons. The zero-order valence-corrected chi connectivity index (χ0v) is 22.3. The third kappa shape index (κ3) is 7.20. The fourth-order valence-corrected chi connectivity index (χ4v) is 3.66. The average molecular weight is 576 g/mol. The van der Waals surface area contributed by atoms with Crippen LogP contribution in [-0.2, 0) is 17.7 Å². The first-order valence-electron chi connectivity index (χ1n) is 11.4. The van der Waals surface area contributed by atoms with Crippen LogP contribution in [0.2, 0.25) is 0 Å². The molecule has 0 aliphatic carbocycles. The number of aryl methyl sites for hydroxylation is 2. The molecule has 1 saturated heterocycles. The van der Waals surface area contributed by atoms with Crippen LogP contribution in [-0.4, -0.2) is 43.9 Å². The van der Waals surface area contributed by atoms with Crippen molar-refractivity contribution in [3.8, 4) is 17.2 Å². The molecule has 2 heterocycles. The van der Waals surface area contributed by atoms with Crippen LogP contribution in [0.1, 0.15) is 28.8 Å². The van der Waals surface area contributed by atoms with Crippen LogP contribution in [0.25, 0.3) is 11.5 Å². The van der Waals surface area contributed by atoms with Crippen LogP contribution in [0, 0.1) is 13.8 Å². The maximum Gasteiger partial charge on any atom is 0.226 e. The Morgan fingerprint density at radius 1 is 1.12 bits per heavy atom. The van der Waals surface area contributed by atoms with Gasteiger partial charge >= 0.3 is 0 Å². The minimum atomic E-state index is 0. The number of guanidine groups is 1. The van der Waals surface area contributed by atoms with Gasteiger partial charge < -0.3 is 24.5 Å². The van der Waals surface area contributed by atoms with Crippen molar-refractivity contribution in [1.82, 2.24) is 15.6 Å². The van der Waals surface area contributed by atoms with Gasteiger partial charge in [-0.2, -0.15) is 0 Å². The quantitative estimate of drug-likeness (QED) is 0.231. The van der Waals surface area contributed by atoms with E-state index in [-0.39, 0.29) is 30.1 Å². The van der Waals surface area contributed by atoms with Gasteiger partial charge in [0.05, 0.1) is 18.9 Å². The van der Waals surface area contributed by atoms with Crippen LogP contribution in [0.3, 0.4) is 0 Å². The number of benzene rings is 2. The van der Waals surface area contributed by atoms with Crippen molar-refractivity contribution < 1.29 is 13.9 Å². The van der Waals surface area contributed by atoms with E-state index in [0.717, 1.165) is 48.0 Å². The SMILES string of the molecule is CN=C(NCCc1coc(-c2ccc(C)cc2)n1)NCc1ccc(C)cc1OC1CCOC1.I. The van der Waals surface area contributed by atoms with Gasteiger partial charge in [-0.05, 0) is 37.6 Å². The zero-order chi connectivity index (χ0) is 23.0. The van der Waals surface area contributed by atoms with Crippen molar-refractivity contribution in [2.24, 2.45) is 4.99 Å². The smallest absolute Gasteiger partial charge is 0.226 e. The van der Waals surface area contributed by atoms with Gasteiger partial charge in [-0.1, -0.05) is 29.8 Å². The van der Waals surface area contributed by atoms with Crippen molar-refractivity contribution in [2.45, 2.75) is 39.3 Å². The lowest BCUT2D eigenvalue weighted by Crippen LogP contribution is -2.38. The van der Waals surface area contributed by atoms with Crippen LogP contribution in [0.5, 0.6) is 5.75 Å². The number of aromatic nitrogens is 1. The van der Waals surface area contributed by atoms with E-state index in [1.54, 1.807) is 13.3 Å². The number of oxazole rings is 1. The second kappa shape index (κ2) is 12.8. The molecule has 1 atom stereocenters. The minimum absolute atomic E-state index is 0. The summed E-state index contributed by atoms with van der Waals surface area (Å²) in [7, 11) is 1.77. The first kappa shape index (κ1) is 26.0. The summed E-state index contributed by atoms with van der Waals surface area (Å²) in [6.07, 6.45) is 3.50. The van der Waals surface area contributed by atoms with Crippen LogP contribution < -0.4 is 15.4 Å². The molecule has 0 spiro atoms. The van der Waals surface area contributed by atoms with Gasteiger partial charge in [0.15, 0.2) is 5.96 Å². The van der Waals surface area contributed by atoms with E-state index >= 15 is 0 Å². The lowest BCUT2D eigenvalue weighted by molar-refractivity contribution is 0.140. The van der Waals surface area contributed by atoms with Gasteiger partial charge in [0.1, 0.15) is 18.1 Å². The molecule has 2 N–H and O–H groups in total. The first-order valence-corrected chi connectivity index (χ1v) is 11.4. The molecule has 1 unspecified atom stereocenters. The maximum absolute atomic E-state index is 6.19. The highest BCUT2D eigenvalue weighted by atomic mass is 127. The Morgan fingerprint density at radius 2 is 1.91 bits per heavy atom. The lowest BCUT2D eigenvalue weighted by atomic mass is 10.1. The van der Waals surface area contributed by atoms with E-state index in [1.165, 1.54) is 11.1 Å². The van der Waals surface area contributed by atoms with Gasteiger partial charge in [-0.3, -0.25) is 4.99 Å². The average Bonchev–Trinajstić information content (AvgIpc) is 3.50. The first-order chi connectivity index (χ1) is 16.1. The molecule has 1 fully saturated rings. The molecule has 0 saturated carbocycles. The summed E-state index contributed by atoms with van der Waals surface area (Å²) in [5, 5.41) is 6.72. The Morgan fingerprint density at radius 3 is 2.65 bits per heavy atom. The third-order valence-corrected chi connectivity index (χ3v) is 5.60. The van der Waals surface area contributed by atoms with E-state index in [2.05, 4.69) is 64.8 Å². The van der Waals surface area contributed by atoms with Crippen molar-refractivity contribution in [3.05, 3.63) is 71.1 Å². The number of hydrogen-bond donors (Lipinski definition) is 2. The van der Waals surface area contributed by atoms with E-state index in [0.29, 0.717) is 25.6 Å². The largest absolute Gasteiger partial charge is 0.488 e. The van der Waals surface area contributed by atoms with Gasteiger partial charge in [-0.15, -0.1) is 24.0 Å². The molecule has 0 amide bonds. The predicted octanol–water partition coefficient (Wildman–Crippen LogP) is 4.65. The number of halogens is 1. The Labute approximate surface area is 218 Å². The molecule has 4 rings (SSSR count). The molecule has 3 aromatic rings. The van der Waals surface area contributed by atoms with Gasteiger partial charge in [0.25, 0.3) is 0 Å². The summed E-state index contributed by atoms with van der Waals surface area (Å²) >= 11 is 0. The summed E-state index contributed by atoms with van der Waals surface area (Å²) in [6.45, 7) is 6.86. The number of nitrogens with zero attached hydrogens (tertiary/aromatic N) is 2. The Kier molecular flexibility index (Phi) is 9.76. The highest BCUT2D eigenvalue weighted by molar-refractivity contribution is 14.0. The molecular weight excluding hydrogens is 543 g/mol. The second-order valence-corrected chi connectivity index (χ2v) is 8.33. The number of nitrogens with one attached hydrogen (secondary N) is 2. The van der Waals surface area contributed by atoms with E-state index in [4.69, 9.17) is 13.9 Å². The second-order valence-electron chi connectivity index (χ2n) is 8.33. The topological polar surface area (TPSA) is 80.9 Å². The molecule has 8 heteroatoms. The normalized spacial score (nSPS) is 15.6. The van der Waals surface area contributed by atoms with Gasteiger partial charge in [-0.25, -0.2) is 4.98 Å². The maximum atomic E-state index is 6.19. The third-order valence-electron chi connectivity index (χ3n) is 5.60. The summed E-state index contributed by atoms with van der Waals surface area (Å²) < 4.78 is 17.3. The highest BCUT2D eigenvalue weighted by Gasteiger charge is 2.19. The van der Waals surface area contributed by atoms with Crippen molar-refractivity contribution in [2.75, 3.05) is 26.8 Å². The molecule has 1 aliphatic heterocycles. The van der Waals surface area contributed by atoms with E-state index in [1.807, 2.05) is 12.1 Å². The number of ether oxygens (including phenoxy) is 2. The molecule has 0 bridgehead atoms. The van der Waals surface area contributed by atoms with Crippen molar-refractivity contribution >= 4 is 29.9 Å². The molecule has 0 radical (unpaired) electrons. The van der Waals surface area contributed by atoms with E-state index < -0.39 is 0 Å². The Balaban J connectivity index is 0.00000324.